The summed E-state index contributed by atoms with van der Waals surface area (Å²) in [5.41, 5.74) is 4.15. The van der Waals surface area contributed by atoms with Gasteiger partial charge in [-0.2, -0.15) is 14.3 Å². The molecule has 7 nitrogen and oxygen atoms in total. The third-order valence-corrected chi connectivity index (χ3v) is 6.85. The van der Waals surface area contributed by atoms with Crippen LogP contribution in [0, 0.1) is 0 Å². The normalized spacial score (nSPS) is 18.3. The van der Waals surface area contributed by atoms with Gasteiger partial charge in [-0.1, -0.05) is 60.7 Å². The van der Waals surface area contributed by atoms with Crippen LogP contribution in [-0.4, -0.2) is 58.8 Å². The number of carbonyl (C=O) groups is 3. The monoisotopic (exact) mass is 466 g/mol. The highest BCUT2D eigenvalue weighted by Crippen LogP contribution is 2.33. The third kappa shape index (κ3) is 3.60. The number of rotatable bonds is 5. The average Bonchev–Trinajstić information content (AvgIpc) is 3.49. The summed E-state index contributed by atoms with van der Waals surface area (Å²) in [5.74, 6) is -0.0360. The van der Waals surface area contributed by atoms with Gasteiger partial charge >= 0.3 is 11.9 Å². The fourth-order valence-electron chi connectivity index (χ4n) is 5.11. The number of hydrogen-bond acceptors (Lipinski definition) is 4. The molecule has 0 aromatic heterocycles. The van der Waals surface area contributed by atoms with E-state index in [1.165, 1.54) is 9.48 Å². The van der Waals surface area contributed by atoms with Crippen molar-refractivity contribution in [1.29, 1.82) is 0 Å². The summed E-state index contributed by atoms with van der Waals surface area (Å²) in [6, 6.07) is 24.3. The van der Waals surface area contributed by atoms with Crippen molar-refractivity contribution in [1.82, 2.24) is 4.90 Å². The van der Waals surface area contributed by atoms with E-state index in [9.17, 15) is 14.4 Å². The maximum absolute atomic E-state index is 13.7. The Kier molecular flexibility index (Phi) is 5.17. The van der Waals surface area contributed by atoms with Crippen LogP contribution in [0.4, 0.5) is 10.5 Å². The highest BCUT2D eigenvalue weighted by atomic mass is 16.5. The molecule has 1 unspecified atom stereocenters. The Morgan fingerprint density at radius 3 is 2.54 bits per heavy atom. The van der Waals surface area contributed by atoms with E-state index in [2.05, 4.69) is 0 Å². The minimum absolute atomic E-state index is 0.161. The number of ether oxygens (including phenoxy) is 1. The minimum Gasteiger partial charge on any atom is -0.469 e. The average molecular weight is 467 g/mol. The predicted molar refractivity (Wildman–Crippen MR) is 130 cm³/mol. The molecule has 0 radical (unpaired) electrons. The summed E-state index contributed by atoms with van der Waals surface area (Å²) in [6.45, 7) is 0.622. The highest BCUT2D eigenvalue weighted by molar-refractivity contribution is 6.22. The second kappa shape index (κ2) is 8.51. The molecule has 7 heteroatoms. The summed E-state index contributed by atoms with van der Waals surface area (Å²) in [4.78, 5) is 43.5. The number of benzene rings is 3. The van der Waals surface area contributed by atoms with Gasteiger partial charge in [0.25, 0.3) is 12.0 Å². The Balaban J connectivity index is 1.35. The molecule has 0 saturated carbocycles. The van der Waals surface area contributed by atoms with Gasteiger partial charge in [0.1, 0.15) is 12.3 Å². The van der Waals surface area contributed by atoms with Crippen LogP contribution in [0.25, 0.3) is 0 Å². The first-order valence-electron chi connectivity index (χ1n) is 11.8. The smallest absolute Gasteiger partial charge is 0.469 e. The molecular formula is C28H24N3O4+. The molecule has 0 aliphatic carbocycles. The first-order valence-corrected chi connectivity index (χ1v) is 11.8. The summed E-state index contributed by atoms with van der Waals surface area (Å²) in [6.07, 6.45) is 0.358. The van der Waals surface area contributed by atoms with Crippen molar-refractivity contribution in [2.24, 2.45) is 0 Å². The van der Waals surface area contributed by atoms with Gasteiger partial charge in [-0.15, -0.1) is 0 Å². The molecule has 35 heavy (non-hydrogen) atoms. The summed E-state index contributed by atoms with van der Waals surface area (Å²) >= 11 is 0. The minimum atomic E-state index is -0.945. The maximum Gasteiger partial charge on any atom is 0.501 e. The van der Waals surface area contributed by atoms with Crippen LogP contribution in [0.3, 0.4) is 0 Å². The molecule has 3 aliphatic rings. The van der Waals surface area contributed by atoms with Crippen LogP contribution in [0.15, 0.2) is 78.9 Å². The Morgan fingerprint density at radius 2 is 1.69 bits per heavy atom. The molecule has 0 saturated heterocycles. The van der Waals surface area contributed by atoms with Gasteiger partial charge < -0.3 is 9.64 Å². The molecule has 1 atom stereocenters. The van der Waals surface area contributed by atoms with Crippen molar-refractivity contribution in [2.75, 3.05) is 24.5 Å². The molecule has 3 aromatic carbocycles. The molecule has 0 N–H and O–H groups in total. The Labute approximate surface area is 202 Å². The third-order valence-electron chi connectivity index (χ3n) is 6.85. The molecule has 0 spiro atoms. The van der Waals surface area contributed by atoms with Gasteiger partial charge in [-0.05, 0) is 35.7 Å². The van der Waals surface area contributed by atoms with Gasteiger partial charge in [0, 0.05) is 18.7 Å². The van der Waals surface area contributed by atoms with Crippen LogP contribution in [0.1, 0.15) is 16.7 Å². The second-order valence-electron chi connectivity index (χ2n) is 8.90. The lowest BCUT2D eigenvalue weighted by atomic mass is 10.0. The van der Waals surface area contributed by atoms with Gasteiger partial charge in [0.2, 0.25) is 0 Å². The lowest BCUT2D eigenvalue weighted by molar-refractivity contribution is -0.428. The SMILES string of the molecule is O=C1C2Oc3ccccc3C2=[N+](CC(=O)N2CCc3ccccc32)C(=O)N1CCc1ccccc1. The standard InChI is InChI=1S/C28H24N3O4/c32-24(29-17-15-20-10-4-6-12-22(20)29)18-31-25-21-11-5-7-13-23(21)35-26(25)27(33)30(28(31)34)16-14-19-8-2-1-3-9-19/h1-13,26H,14-18H2/q+1. The van der Waals surface area contributed by atoms with Crippen molar-refractivity contribution in [3.05, 3.63) is 95.6 Å². The molecule has 4 amide bonds. The molecule has 3 aromatic rings. The van der Waals surface area contributed by atoms with Crippen molar-refractivity contribution in [2.45, 2.75) is 18.9 Å². The molecule has 0 fully saturated rings. The topological polar surface area (TPSA) is 69.9 Å². The fourth-order valence-corrected chi connectivity index (χ4v) is 5.11. The second-order valence-corrected chi connectivity index (χ2v) is 8.90. The Morgan fingerprint density at radius 1 is 0.943 bits per heavy atom. The largest absolute Gasteiger partial charge is 0.501 e. The van der Waals surface area contributed by atoms with E-state index in [0.29, 0.717) is 30.0 Å². The fraction of sp³-hybridized carbons (Fsp3) is 0.214. The summed E-state index contributed by atoms with van der Waals surface area (Å²) in [5, 5.41) is 0. The van der Waals surface area contributed by atoms with Crippen molar-refractivity contribution < 1.29 is 23.7 Å². The van der Waals surface area contributed by atoms with Crippen LogP contribution in [0.5, 0.6) is 5.75 Å². The van der Waals surface area contributed by atoms with Gasteiger partial charge in [-0.25, -0.2) is 4.79 Å². The number of amides is 4. The van der Waals surface area contributed by atoms with Crippen molar-refractivity contribution >= 4 is 29.2 Å². The zero-order valence-electron chi connectivity index (χ0n) is 19.1. The zero-order chi connectivity index (χ0) is 23.9. The van der Waals surface area contributed by atoms with E-state index in [4.69, 9.17) is 4.74 Å². The molecule has 3 heterocycles. The summed E-state index contributed by atoms with van der Waals surface area (Å²) < 4.78 is 7.44. The van der Waals surface area contributed by atoms with E-state index in [-0.39, 0.29) is 19.0 Å². The van der Waals surface area contributed by atoms with Gasteiger partial charge in [-0.3, -0.25) is 4.79 Å². The Bertz CT molecular complexity index is 1380. The van der Waals surface area contributed by atoms with Crippen LogP contribution < -0.4 is 9.64 Å². The molecule has 174 valence electrons. The lowest BCUT2D eigenvalue weighted by Gasteiger charge is -2.25. The van der Waals surface area contributed by atoms with E-state index < -0.39 is 18.0 Å². The number of para-hydroxylation sites is 2. The van der Waals surface area contributed by atoms with E-state index in [1.54, 1.807) is 11.0 Å². The predicted octanol–water partition coefficient (Wildman–Crippen LogP) is 3.04. The molecular weight excluding hydrogens is 442 g/mol. The van der Waals surface area contributed by atoms with Gasteiger partial charge in [0.15, 0.2) is 12.3 Å². The maximum atomic E-state index is 13.7. The first-order chi connectivity index (χ1) is 17.1. The van der Waals surface area contributed by atoms with Crippen LogP contribution >= 0.6 is 0 Å². The number of fused-ring (bicyclic) bond motifs is 4. The number of urea groups is 1. The molecule has 3 aliphatic heterocycles. The van der Waals surface area contributed by atoms with Crippen LogP contribution in [0.2, 0.25) is 0 Å². The van der Waals surface area contributed by atoms with E-state index in [0.717, 1.165) is 23.2 Å². The number of carbonyl (C=O) groups excluding carboxylic acids is 3. The van der Waals surface area contributed by atoms with E-state index >= 15 is 0 Å². The number of imide groups is 1. The number of anilines is 1. The number of nitrogens with zero attached hydrogens (tertiary/aromatic N) is 3. The van der Waals surface area contributed by atoms with Crippen LogP contribution in [-0.2, 0) is 22.4 Å². The number of hydrogen-bond donors (Lipinski definition) is 0. The quantitative estimate of drug-likeness (QED) is 0.542. The van der Waals surface area contributed by atoms with E-state index in [1.807, 2.05) is 72.8 Å². The Hall–Kier alpha value is -4.26. The van der Waals surface area contributed by atoms with Crippen molar-refractivity contribution in [3.63, 3.8) is 0 Å². The van der Waals surface area contributed by atoms with Crippen molar-refractivity contribution in [3.8, 4) is 5.75 Å². The zero-order valence-corrected chi connectivity index (χ0v) is 19.1. The lowest BCUT2D eigenvalue weighted by Crippen LogP contribution is -2.59. The molecule has 6 rings (SSSR count). The first kappa shape index (κ1) is 21.3. The summed E-state index contributed by atoms with van der Waals surface area (Å²) in [7, 11) is 0. The van der Waals surface area contributed by atoms with Gasteiger partial charge in [0.05, 0.1) is 5.56 Å². The highest BCUT2D eigenvalue weighted by Gasteiger charge is 2.54. The molecule has 0 bridgehead atoms.